The monoisotopic (exact) mass is 404 g/mol. The Kier molecular flexibility index (Phi) is 5.50. The van der Waals surface area contributed by atoms with Gasteiger partial charge in [0.1, 0.15) is 11.6 Å². The first-order valence-electron chi connectivity index (χ1n) is 9.10. The Morgan fingerprint density at radius 2 is 2.00 bits per heavy atom. The molecule has 0 bridgehead atoms. The second-order valence-electron chi connectivity index (χ2n) is 6.68. The van der Waals surface area contributed by atoms with E-state index in [-0.39, 0.29) is 11.8 Å². The first kappa shape index (κ1) is 19.4. The lowest BCUT2D eigenvalue weighted by atomic mass is 10.1. The number of ether oxygens (including phenoxy) is 2. The van der Waals surface area contributed by atoms with Crippen molar-refractivity contribution in [3.63, 3.8) is 0 Å². The fraction of sp³-hybridized carbons (Fsp3) is 0.300. The molecule has 152 valence electrons. The highest BCUT2D eigenvalue weighted by Gasteiger charge is 2.31. The number of benzene rings is 1. The van der Waals surface area contributed by atoms with Crippen LogP contribution in [-0.2, 0) is 11.3 Å². The fourth-order valence-corrected chi connectivity index (χ4v) is 3.29. The summed E-state index contributed by atoms with van der Waals surface area (Å²) in [6.45, 7) is 2.64. The lowest BCUT2D eigenvalue weighted by Gasteiger charge is -2.34. The van der Waals surface area contributed by atoms with Crippen LogP contribution in [-0.4, -0.2) is 46.0 Å². The van der Waals surface area contributed by atoms with Crippen LogP contribution in [0.4, 0.5) is 13.2 Å². The number of pyridine rings is 1. The van der Waals surface area contributed by atoms with Crippen LogP contribution in [0.2, 0.25) is 0 Å². The number of alkyl halides is 3. The van der Waals surface area contributed by atoms with Gasteiger partial charge in [-0.1, -0.05) is 6.07 Å². The lowest BCUT2D eigenvalue weighted by molar-refractivity contribution is -0.274. The van der Waals surface area contributed by atoms with Gasteiger partial charge in [-0.15, -0.1) is 13.2 Å². The number of aromatic nitrogens is 3. The first-order valence-corrected chi connectivity index (χ1v) is 9.10. The Labute approximate surface area is 165 Å². The van der Waals surface area contributed by atoms with Crippen LogP contribution in [0.3, 0.4) is 0 Å². The fourth-order valence-electron chi connectivity index (χ4n) is 3.29. The summed E-state index contributed by atoms with van der Waals surface area (Å²) in [5.74, 6) is 0.489. The number of nitrogens with one attached hydrogen (secondary N) is 1. The minimum absolute atomic E-state index is 0.0504. The number of morpholine rings is 1. The van der Waals surface area contributed by atoms with E-state index < -0.39 is 6.36 Å². The summed E-state index contributed by atoms with van der Waals surface area (Å²) in [7, 11) is 0. The van der Waals surface area contributed by atoms with Crippen molar-refractivity contribution in [1.29, 1.82) is 0 Å². The summed E-state index contributed by atoms with van der Waals surface area (Å²) >= 11 is 0. The largest absolute Gasteiger partial charge is 0.573 e. The Hall–Kier alpha value is -2.91. The van der Waals surface area contributed by atoms with E-state index in [1.165, 1.54) is 12.1 Å². The molecule has 1 N–H and O–H groups in total. The quantitative estimate of drug-likeness (QED) is 0.698. The minimum Gasteiger partial charge on any atom is -0.406 e. The highest BCUT2D eigenvalue weighted by atomic mass is 19.4. The van der Waals surface area contributed by atoms with E-state index in [0.717, 1.165) is 24.5 Å². The van der Waals surface area contributed by atoms with Crippen molar-refractivity contribution >= 4 is 0 Å². The van der Waals surface area contributed by atoms with Crippen molar-refractivity contribution in [2.75, 3.05) is 19.8 Å². The molecule has 1 aliphatic rings. The van der Waals surface area contributed by atoms with Gasteiger partial charge < -0.3 is 14.5 Å². The standard InChI is InChI=1S/C20H19F3N4O2/c21-20(22,23)29-16-5-3-15(4-6-16)17-11-25-19(26-17)18-13-28-9-8-27(18)12-14-2-1-7-24-10-14/h1-7,10-11,18H,8-9,12-13H2,(H,25,26). The van der Waals surface area contributed by atoms with Crippen LogP contribution in [0.1, 0.15) is 17.4 Å². The SMILES string of the molecule is FC(F)(F)Oc1ccc(-c2cnc(C3COCCN3Cc3cccnc3)[nH]2)cc1. The molecule has 3 aromatic rings. The van der Waals surface area contributed by atoms with Crippen molar-refractivity contribution in [1.82, 2.24) is 19.9 Å². The van der Waals surface area contributed by atoms with E-state index in [4.69, 9.17) is 4.74 Å². The summed E-state index contributed by atoms with van der Waals surface area (Å²) in [5.41, 5.74) is 2.53. The number of H-pyrrole nitrogens is 1. The van der Waals surface area contributed by atoms with Crippen molar-refractivity contribution in [3.05, 3.63) is 66.4 Å². The molecule has 0 spiro atoms. The molecule has 1 aliphatic heterocycles. The summed E-state index contributed by atoms with van der Waals surface area (Å²) in [5, 5.41) is 0. The van der Waals surface area contributed by atoms with E-state index in [2.05, 4.69) is 24.6 Å². The number of nitrogens with zero attached hydrogens (tertiary/aromatic N) is 3. The van der Waals surface area contributed by atoms with Gasteiger partial charge in [-0.3, -0.25) is 9.88 Å². The van der Waals surface area contributed by atoms with E-state index in [1.807, 2.05) is 18.3 Å². The van der Waals surface area contributed by atoms with Crippen LogP contribution in [0.25, 0.3) is 11.3 Å². The Morgan fingerprint density at radius 3 is 2.72 bits per heavy atom. The third kappa shape index (κ3) is 4.93. The third-order valence-corrected chi connectivity index (χ3v) is 4.66. The number of rotatable bonds is 5. The van der Waals surface area contributed by atoms with Gasteiger partial charge in [-0.05, 0) is 41.5 Å². The minimum atomic E-state index is -4.71. The van der Waals surface area contributed by atoms with Crippen LogP contribution in [0, 0.1) is 0 Å². The van der Waals surface area contributed by atoms with Gasteiger partial charge in [0.15, 0.2) is 0 Å². The molecule has 1 aromatic carbocycles. The van der Waals surface area contributed by atoms with E-state index in [1.54, 1.807) is 24.5 Å². The van der Waals surface area contributed by atoms with E-state index in [9.17, 15) is 13.2 Å². The Morgan fingerprint density at radius 1 is 1.17 bits per heavy atom. The van der Waals surface area contributed by atoms with Crippen molar-refractivity contribution < 1.29 is 22.6 Å². The normalized spacial score (nSPS) is 18.0. The molecule has 4 rings (SSSR count). The van der Waals surface area contributed by atoms with E-state index >= 15 is 0 Å². The molecule has 1 unspecified atom stereocenters. The third-order valence-electron chi connectivity index (χ3n) is 4.66. The average Bonchev–Trinajstić information content (AvgIpc) is 3.19. The van der Waals surface area contributed by atoms with Gasteiger partial charge in [-0.2, -0.15) is 0 Å². The molecule has 0 aliphatic carbocycles. The molecule has 6 nitrogen and oxygen atoms in total. The summed E-state index contributed by atoms with van der Waals surface area (Å²) in [4.78, 5) is 14.2. The van der Waals surface area contributed by atoms with Crippen LogP contribution in [0.5, 0.6) is 5.75 Å². The number of hydrogen-bond donors (Lipinski definition) is 1. The lowest BCUT2D eigenvalue weighted by Crippen LogP contribution is -2.39. The molecule has 3 heterocycles. The van der Waals surface area contributed by atoms with E-state index in [0.29, 0.717) is 24.5 Å². The van der Waals surface area contributed by atoms with Gasteiger partial charge in [-0.25, -0.2) is 4.98 Å². The summed E-state index contributed by atoms with van der Waals surface area (Å²) in [6.07, 6.45) is 0.544. The first-order chi connectivity index (χ1) is 14.0. The molecule has 9 heteroatoms. The molecule has 0 saturated carbocycles. The van der Waals surface area contributed by atoms with Crippen molar-refractivity contribution in [2.24, 2.45) is 0 Å². The number of aromatic amines is 1. The van der Waals surface area contributed by atoms with Gasteiger partial charge in [0.2, 0.25) is 0 Å². The predicted octanol–water partition coefficient (Wildman–Crippen LogP) is 3.94. The molecule has 0 amide bonds. The molecule has 2 aromatic heterocycles. The number of hydrogen-bond acceptors (Lipinski definition) is 5. The maximum Gasteiger partial charge on any atom is 0.573 e. The average molecular weight is 404 g/mol. The molecule has 1 atom stereocenters. The molecule has 0 radical (unpaired) electrons. The highest BCUT2D eigenvalue weighted by Crippen LogP contribution is 2.28. The Bertz CT molecular complexity index is 929. The van der Waals surface area contributed by atoms with Gasteiger partial charge in [0.25, 0.3) is 0 Å². The maximum absolute atomic E-state index is 12.3. The number of halogens is 3. The molecule has 29 heavy (non-hydrogen) atoms. The predicted molar refractivity (Wildman–Crippen MR) is 98.9 cm³/mol. The Balaban J connectivity index is 1.49. The summed E-state index contributed by atoms with van der Waals surface area (Å²) < 4.78 is 46.5. The van der Waals surface area contributed by atoms with Crippen molar-refractivity contribution in [2.45, 2.75) is 18.9 Å². The van der Waals surface area contributed by atoms with Crippen molar-refractivity contribution in [3.8, 4) is 17.0 Å². The number of imidazole rings is 1. The molecule has 1 saturated heterocycles. The van der Waals surface area contributed by atoms with Crippen LogP contribution >= 0.6 is 0 Å². The smallest absolute Gasteiger partial charge is 0.406 e. The second kappa shape index (κ2) is 8.22. The summed E-state index contributed by atoms with van der Waals surface area (Å²) in [6, 6.07) is 9.56. The zero-order chi connectivity index (χ0) is 20.3. The zero-order valence-electron chi connectivity index (χ0n) is 15.4. The molecule has 1 fully saturated rings. The van der Waals surface area contributed by atoms with Gasteiger partial charge in [0, 0.05) is 25.5 Å². The van der Waals surface area contributed by atoms with Crippen LogP contribution < -0.4 is 4.74 Å². The second-order valence-corrected chi connectivity index (χ2v) is 6.68. The van der Waals surface area contributed by atoms with Crippen LogP contribution in [0.15, 0.2) is 55.0 Å². The molecular weight excluding hydrogens is 385 g/mol. The van der Waals surface area contributed by atoms with Gasteiger partial charge in [0.05, 0.1) is 31.1 Å². The highest BCUT2D eigenvalue weighted by molar-refractivity contribution is 5.59. The topological polar surface area (TPSA) is 63.3 Å². The molecular formula is C20H19F3N4O2. The maximum atomic E-state index is 12.3. The zero-order valence-corrected chi connectivity index (χ0v) is 15.4. The van der Waals surface area contributed by atoms with Gasteiger partial charge >= 0.3 is 6.36 Å².